The second kappa shape index (κ2) is 3.62. The van der Waals surface area contributed by atoms with Crippen LogP contribution in [-0.4, -0.2) is 20.1 Å². The van der Waals surface area contributed by atoms with E-state index < -0.39 is 0 Å². The zero-order valence-corrected chi connectivity index (χ0v) is 9.14. The summed E-state index contributed by atoms with van der Waals surface area (Å²) in [6.45, 7) is 4.05. The predicted molar refractivity (Wildman–Crippen MR) is 59.6 cm³/mol. The standard InChI is InChI=1S/C11H16N4/c1-11(2,12)7-6-10-14-13-9-5-3-4-8-15(9)10/h3-5,8H,6-7,12H2,1-2H3. The molecule has 0 saturated heterocycles. The Balaban J connectivity index is 2.22. The topological polar surface area (TPSA) is 56.2 Å². The van der Waals surface area contributed by atoms with Crippen LogP contribution in [0.1, 0.15) is 26.1 Å². The number of fused-ring (bicyclic) bond motifs is 1. The molecule has 0 spiro atoms. The maximum Gasteiger partial charge on any atom is 0.160 e. The van der Waals surface area contributed by atoms with Gasteiger partial charge in [0, 0.05) is 18.2 Å². The van der Waals surface area contributed by atoms with Crippen molar-refractivity contribution in [2.75, 3.05) is 0 Å². The van der Waals surface area contributed by atoms with Crippen molar-refractivity contribution in [3.63, 3.8) is 0 Å². The summed E-state index contributed by atoms with van der Waals surface area (Å²) >= 11 is 0. The zero-order valence-electron chi connectivity index (χ0n) is 9.14. The maximum atomic E-state index is 5.94. The highest BCUT2D eigenvalue weighted by atomic mass is 15.2. The van der Waals surface area contributed by atoms with Crippen molar-refractivity contribution in [2.45, 2.75) is 32.2 Å². The van der Waals surface area contributed by atoms with Crippen LogP contribution in [0.2, 0.25) is 0 Å². The average molecular weight is 204 g/mol. The largest absolute Gasteiger partial charge is 0.326 e. The van der Waals surface area contributed by atoms with Gasteiger partial charge in [-0.2, -0.15) is 0 Å². The van der Waals surface area contributed by atoms with E-state index in [-0.39, 0.29) is 5.54 Å². The van der Waals surface area contributed by atoms with E-state index in [0.29, 0.717) is 0 Å². The molecule has 4 heteroatoms. The highest BCUT2D eigenvalue weighted by molar-refractivity contribution is 5.36. The lowest BCUT2D eigenvalue weighted by Gasteiger charge is -2.16. The fourth-order valence-corrected chi connectivity index (χ4v) is 1.50. The molecule has 0 aliphatic carbocycles. The van der Waals surface area contributed by atoms with Crippen molar-refractivity contribution in [1.82, 2.24) is 14.6 Å². The molecule has 0 fully saturated rings. The summed E-state index contributed by atoms with van der Waals surface area (Å²) in [6.07, 6.45) is 3.74. The number of hydrogen-bond donors (Lipinski definition) is 1. The first kappa shape index (κ1) is 10.1. The van der Waals surface area contributed by atoms with Gasteiger partial charge in [0.05, 0.1) is 0 Å². The number of nitrogens with two attached hydrogens (primary N) is 1. The monoisotopic (exact) mass is 204 g/mol. The Hall–Kier alpha value is -1.42. The van der Waals surface area contributed by atoms with Gasteiger partial charge >= 0.3 is 0 Å². The van der Waals surface area contributed by atoms with Gasteiger partial charge in [0.1, 0.15) is 5.82 Å². The highest BCUT2D eigenvalue weighted by Crippen LogP contribution is 2.10. The van der Waals surface area contributed by atoms with E-state index in [0.717, 1.165) is 24.3 Å². The van der Waals surface area contributed by atoms with Crippen molar-refractivity contribution in [3.8, 4) is 0 Å². The Bertz CT molecular complexity index is 453. The fraction of sp³-hybridized carbons (Fsp3) is 0.455. The minimum atomic E-state index is -0.152. The molecule has 0 atom stereocenters. The minimum Gasteiger partial charge on any atom is -0.326 e. The summed E-state index contributed by atoms with van der Waals surface area (Å²) in [5.74, 6) is 0.976. The van der Waals surface area contributed by atoms with Gasteiger partial charge in [0.15, 0.2) is 5.65 Å². The van der Waals surface area contributed by atoms with Gasteiger partial charge in [-0.15, -0.1) is 10.2 Å². The third kappa shape index (κ3) is 2.33. The number of pyridine rings is 1. The lowest BCUT2D eigenvalue weighted by molar-refractivity contribution is 0.470. The molecule has 4 nitrogen and oxygen atoms in total. The third-order valence-electron chi connectivity index (χ3n) is 2.38. The van der Waals surface area contributed by atoms with Gasteiger partial charge in [-0.05, 0) is 32.4 Å². The minimum absolute atomic E-state index is 0.152. The van der Waals surface area contributed by atoms with Crippen LogP contribution in [0, 0.1) is 0 Å². The lowest BCUT2D eigenvalue weighted by Crippen LogP contribution is -2.32. The molecule has 15 heavy (non-hydrogen) atoms. The summed E-state index contributed by atoms with van der Waals surface area (Å²) in [5.41, 5.74) is 6.68. The maximum absolute atomic E-state index is 5.94. The summed E-state index contributed by atoms with van der Waals surface area (Å²) in [5, 5.41) is 8.25. The highest BCUT2D eigenvalue weighted by Gasteiger charge is 2.13. The van der Waals surface area contributed by atoms with Crippen LogP contribution in [0.5, 0.6) is 0 Å². The van der Waals surface area contributed by atoms with Crippen LogP contribution in [-0.2, 0) is 6.42 Å². The van der Waals surface area contributed by atoms with Crippen LogP contribution in [0.4, 0.5) is 0 Å². The molecule has 0 saturated carbocycles. The molecule has 2 heterocycles. The molecule has 0 bridgehead atoms. The molecule has 80 valence electrons. The van der Waals surface area contributed by atoms with Gasteiger partial charge in [-0.25, -0.2) is 0 Å². The van der Waals surface area contributed by atoms with Crippen LogP contribution in [0.25, 0.3) is 5.65 Å². The second-order valence-corrected chi connectivity index (χ2v) is 4.53. The first-order valence-electron chi connectivity index (χ1n) is 5.14. The van der Waals surface area contributed by atoms with E-state index in [4.69, 9.17) is 5.73 Å². The lowest BCUT2D eigenvalue weighted by atomic mass is 10.00. The number of aromatic nitrogens is 3. The number of hydrogen-bond acceptors (Lipinski definition) is 3. The number of aryl methyl sites for hydroxylation is 1. The van der Waals surface area contributed by atoms with Crippen molar-refractivity contribution in [3.05, 3.63) is 30.2 Å². The first-order valence-corrected chi connectivity index (χ1v) is 5.14. The Morgan fingerprint density at radius 1 is 1.33 bits per heavy atom. The molecule has 2 N–H and O–H groups in total. The van der Waals surface area contributed by atoms with E-state index in [1.54, 1.807) is 0 Å². The SMILES string of the molecule is CC(C)(N)CCc1nnc2ccccn12. The van der Waals surface area contributed by atoms with Gasteiger partial charge in [0.2, 0.25) is 0 Å². The van der Waals surface area contributed by atoms with Gasteiger partial charge in [-0.1, -0.05) is 6.07 Å². The molecule has 2 rings (SSSR count). The van der Waals surface area contributed by atoms with Crippen LogP contribution < -0.4 is 5.73 Å². The molecule has 0 radical (unpaired) electrons. The molecule has 2 aromatic heterocycles. The molecular weight excluding hydrogens is 188 g/mol. The predicted octanol–water partition coefficient (Wildman–Crippen LogP) is 1.40. The molecule has 0 unspecified atom stereocenters. The smallest absolute Gasteiger partial charge is 0.160 e. The fourth-order valence-electron chi connectivity index (χ4n) is 1.50. The molecule has 0 aliphatic heterocycles. The molecule has 0 aromatic carbocycles. The summed E-state index contributed by atoms with van der Waals surface area (Å²) < 4.78 is 2.01. The average Bonchev–Trinajstić information content (AvgIpc) is 2.57. The van der Waals surface area contributed by atoms with E-state index in [2.05, 4.69) is 10.2 Å². The summed E-state index contributed by atoms with van der Waals surface area (Å²) in [4.78, 5) is 0. The van der Waals surface area contributed by atoms with Crippen molar-refractivity contribution >= 4 is 5.65 Å². The first-order chi connectivity index (χ1) is 7.06. The Kier molecular flexibility index (Phi) is 2.44. The number of rotatable bonds is 3. The van der Waals surface area contributed by atoms with E-state index in [9.17, 15) is 0 Å². The van der Waals surface area contributed by atoms with E-state index >= 15 is 0 Å². The number of nitrogens with zero attached hydrogens (tertiary/aromatic N) is 3. The molecular formula is C11H16N4. The molecule has 2 aromatic rings. The van der Waals surface area contributed by atoms with Gasteiger partial charge in [-0.3, -0.25) is 4.40 Å². The van der Waals surface area contributed by atoms with Crippen molar-refractivity contribution in [1.29, 1.82) is 0 Å². The van der Waals surface area contributed by atoms with Crippen molar-refractivity contribution in [2.24, 2.45) is 5.73 Å². The van der Waals surface area contributed by atoms with Crippen LogP contribution >= 0.6 is 0 Å². The van der Waals surface area contributed by atoms with Crippen molar-refractivity contribution < 1.29 is 0 Å². The quantitative estimate of drug-likeness (QED) is 0.822. The Morgan fingerprint density at radius 3 is 2.87 bits per heavy atom. The van der Waals surface area contributed by atoms with E-state index in [1.165, 1.54) is 0 Å². The zero-order chi connectivity index (χ0) is 10.9. The van der Waals surface area contributed by atoms with E-state index in [1.807, 2.05) is 42.6 Å². The van der Waals surface area contributed by atoms with Gasteiger partial charge in [0.25, 0.3) is 0 Å². The molecule has 0 aliphatic rings. The second-order valence-electron chi connectivity index (χ2n) is 4.53. The summed E-state index contributed by atoms with van der Waals surface area (Å²) in [7, 11) is 0. The Morgan fingerprint density at radius 2 is 2.13 bits per heavy atom. The van der Waals surface area contributed by atoms with Crippen LogP contribution in [0.3, 0.4) is 0 Å². The molecule has 0 amide bonds. The Labute approximate surface area is 89.1 Å². The summed E-state index contributed by atoms with van der Waals surface area (Å²) in [6, 6.07) is 5.89. The third-order valence-corrected chi connectivity index (χ3v) is 2.38. The normalized spacial score (nSPS) is 12.2. The van der Waals surface area contributed by atoms with Crippen LogP contribution in [0.15, 0.2) is 24.4 Å². The van der Waals surface area contributed by atoms with Gasteiger partial charge < -0.3 is 5.73 Å².